The van der Waals surface area contributed by atoms with Crippen molar-refractivity contribution in [3.63, 3.8) is 0 Å². The van der Waals surface area contributed by atoms with E-state index in [1.165, 1.54) is 0 Å². The normalized spacial score (nSPS) is 20.9. The molecule has 1 saturated heterocycles. The van der Waals surface area contributed by atoms with Crippen LogP contribution in [0.1, 0.15) is 18.4 Å². The van der Waals surface area contributed by atoms with E-state index in [-0.39, 0.29) is 11.8 Å². The first-order valence-electron chi connectivity index (χ1n) is 8.84. The molecule has 2 aromatic carbocycles. The third-order valence-electron chi connectivity index (χ3n) is 4.95. The molecule has 0 aromatic heterocycles. The van der Waals surface area contributed by atoms with Crippen molar-refractivity contribution in [1.82, 2.24) is 4.90 Å². The Kier molecular flexibility index (Phi) is 4.98. The lowest BCUT2D eigenvalue weighted by atomic mass is 10.1. The first-order valence-corrected chi connectivity index (χ1v) is 9.59. The van der Waals surface area contributed by atoms with Crippen LogP contribution >= 0.6 is 23.2 Å². The molecular formula is C20H18Cl2N2O3. The molecule has 0 aliphatic carbocycles. The molecule has 4 rings (SSSR count). The quantitative estimate of drug-likeness (QED) is 0.842. The van der Waals surface area contributed by atoms with Gasteiger partial charge >= 0.3 is 0 Å². The second kappa shape index (κ2) is 7.41. The fourth-order valence-electron chi connectivity index (χ4n) is 3.62. The van der Waals surface area contributed by atoms with Gasteiger partial charge in [-0.25, -0.2) is 0 Å². The van der Waals surface area contributed by atoms with E-state index < -0.39 is 12.1 Å². The van der Waals surface area contributed by atoms with E-state index in [0.29, 0.717) is 35.1 Å². The summed E-state index contributed by atoms with van der Waals surface area (Å²) in [5.41, 5.74) is 1.46. The van der Waals surface area contributed by atoms with Crippen molar-refractivity contribution >= 4 is 40.7 Å². The predicted octanol–water partition coefficient (Wildman–Crippen LogP) is 3.93. The lowest BCUT2D eigenvalue weighted by molar-refractivity contribution is -0.142. The van der Waals surface area contributed by atoms with E-state index in [0.717, 1.165) is 17.7 Å². The second-order valence-electron chi connectivity index (χ2n) is 6.72. The van der Waals surface area contributed by atoms with E-state index in [1.54, 1.807) is 23.1 Å². The lowest BCUT2D eigenvalue weighted by Gasteiger charge is -2.26. The maximum Gasteiger partial charge on any atom is 0.264 e. The van der Waals surface area contributed by atoms with Gasteiger partial charge in [0.1, 0.15) is 11.8 Å². The fourth-order valence-corrected chi connectivity index (χ4v) is 3.95. The van der Waals surface area contributed by atoms with Gasteiger partial charge in [0.25, 0.3) is 5.91 Å². The minimum Gasteiger partial charge on any atom is -0.480 e. The number of anilines is 1. The highest BCUT2D eigenvalue weighted by Gasteiger charge is 2.40. The first-order chi connectivity index (χ1) is 13.0. The molecule has 2 heterocycles. The first kappa shape index (κ1) is 18.1. The summed E-state index contributed by atoms with van der Waals surface area (Å²) < 4.78 is 5.80. The third-order valence-corrected chi connectivity index (χ3v) is 5.51. The Hall–Kier alpha value is -2.24. The summed E-state index contributed by atoms with van der Waals surface area (Å²) in [6, 6.07) is 12.0. The molecule has 1 fully saturated rings. The number of halogens is 2. The molecule has 0 radical (unpaired) electrons. The molecule has 2 aliphatic heterocycles. The summed E-state index contributed by atoms with van der Waals surface area (Å²) >= 11 is 12.1. The average molecular weight is 405 g/mol. The highest BCUT2D eigenvalue weighted by atomic mass is 35.5. The third kappa shape index (κ3) is 3.62. The Balaban J connectivity index is 1.46. The second-order valence-corrected chi connectivity index (χ2v) is 7.57. The molecule has 2 aliphatic rings. The van der Waals surface area contributed by atoms with E-state index in [1.807, 2.05) is 24.3 Å². The number of fused-ring (bicyclic) bond motifs is 1. The summed E-state index contributed by atoms with van der Waals surface area (Å²) in [7, 11) is 0. The van der Waals surface area contributed by atoms with Crippen LogP contribution in [0.4, 0.5) is 5.69 Å². The minimum atomic E-state index is -0.578. The molecule has 5 nitrogen and oxygen atoms in total. The number of para-hydroxylation sites is 1. The zero-order chi connectivity index (χ0) is 19.0. The Morgan fingerprint density at radius 2 is 1.96 bits per heavy atom. The minimum absolute atomic E-state index is 0.152. The molecule has 0 unspecified atom stereocenters. The summed E-state index contributed by atoms with van der Waals surface area (Å²) in [5, 5.41) is 3.67. The average Bonchev–Trinajstić information content (AvgIpc) is 3.30. The van der Waals surface area contributed by atoms with E-state index in [4.69, 9.17) is 27.9 Å². The molecule has 0 bridgehead atoms. The lowest BCUT2D eigenvalue weighted by Crippen LogP contribution is -2.48. The molecule has 140 valence electrons. The zero-order valence-corrected chi connectivity index (χ0v) is 16.0. The number of rotatable bonds is 3. The van der Waals surface area contributed by atoms with Crippen molar-refractivity contribution in [1.29, 1.82) is 0 Å². The number of hydrogen-bond donors (Lipinski definition) is 1. The number of ether oxygens (including phenoxy) is 1. The molecule has 2 aromatic rings. The summed E-state index contributed by atoms with van der Waals surface area (Å²) in [5.74, 6) is 0.323. The van der Waals surface area contributed by atoms with Crippen LogP contribution in [0.2, 0.25) is 10.0 Å². The van der Waals surface area contributed by atoms with Crippen LogP contribution in [0.5, 0.6) is 5.75 Å². The van der Waals surface area contributed by atoms with Crippen LogP contribution in [0.15, 0.2) is 42.5 Å². The van der Waals surface area contributed by atoms with Crippen LogP contribution < -0.4 is 10.1 Å². The van der Waals surface area contributed by atoms with Gasteiger partial charge < -0.3 is 15.0 Å². The van der Waals surface area contributed by atoms with Crippen molar-refractivity contribution in [3.05, 3.63) is 58.1 Å². The van der Waals surface area contributed by atoms with Crippen LogP contribution in [-0.4, -0.2) is 35.4 Å². The van der Waals surface area contributed by atoms with Gasteiger partial charge in [0, 0.05) is 18.0 Å². The number of nitrogens with zero attached hydrogens (tertiary/aromatic N) is 1. The van der Waals surface area contributed by atoms with Crippen molar-refractivity contribution in [2.45, 2.75) is 31.4 Å². The highest BCUT2D eigenvalue weighted by Crippen LogP contribution is 2.31. The van der Waals surface area contributed by atoms with Crippen LogP contribution in [0.25, 0.3) is 0 Å². The maximum absolute atomic E-state index is 13.0. The van der Waals surface area contributed by atoms with Crippen LogP contribution in [0, 0.1) is 0 Å². The molecular weight excluding hydrogens is 387 g/mol. The van der Waals surface area contributed by atoms with Gasteiger partial charge in [-0.1, -0.05) is 41.4 Å². The maximum atomic E-state index is 13.0. The largest absolute Gasteiger partial charge is 0.480 e. The van der Waals surface area contributed by atoms with Gasteiger partial charge in [-0.3, -0.25) is 9.59 Å². The van der Waals surface area contributed by atoms with E-state index >= 15 is 0 Å². The number of hydrogen-bond acceptors (Lipinski definition) is 3. The number of likely N-dealkylation sites (tertiary alicyclic amines) is 1. The SMILES string of the molecule is O=C(Nc1cc(Cl)ccc1Cl)[C@@H]1CCCN1C(=O)[C@@H]1Cc2ccccc2O1. The number of nitrogens with one attached hydrogen (secondary N) is 1. The van der Waals surface area contributed by atoms with Gasteiger partial charge in [0.05, 0.1) is 10.7 Å². The van der Waals surface area contributed by atoms with Crippen LogP contribution in [-0.2, 0) is 16.0 Å². The number of carbonyl (C=O) groups excluding carboxylic acids is 2. The predicted molar refractivity (Wildman–Crippen MR) is 104 cm³/mol. The monoisotopic (exact) mass is 404 g/mol. The van der Waals surface area contributed by atoms with Gasteiger partial charge in [-0.2, -0.15) is 0 Å². The smallest absolute Gasteiger partial charge is 0.264 e. The topological polar surface area (TPSA) is 58.6 Å². The molecule has 0 spiro atoms. The Bertz CT molecular complexity index is 878. The van der Waals surface area contributed by atoms with Gasteiger partial charge in [-0.15, -0.1) is 0 Å². The van der Waals surface area contributed by atoms with Crippen molar-refractivity contribution < 1.29 is 14.3 Å². The summed E-state index contributed by atoms with van der Waals surface area (Å²) in [6.07, 6.45) is 1.33. The molecule has 1 N–H and O–H groups in total. The van der Waals surface area contributed by atoms with Crippen molar-refractivity contribution in [2.75, 3.05) is 11.9 Å². The standard InChI is InChI=1S/C20H18Cl2N2O3/c21-13-7-8-14(22)15(11-13)23-19(25)16-5-3-9-24(16)20(26)18-10-12-4-1-2-6-17(12)27-18/h1-2,4,6-8,11,16,18H,3,5,9-10H2,(H,23,25)/t16-,18-/m0/s1. The summed E-state index contributed by atoms with van der Waals surface area (Å²) in [6.45, 7) is 0.538. The zero-order valence-electron chi connectivity index (χ0n) is 14.5. The molecule has 2 amide bonds. The van der Waals surface area contributed by atoms with Gasteiger partial charge in [0.15, 0.2) is 6.10 Å². The fraction of sp³-hybridized carbons (Fsp3) is 0.300. The number of amides is 2. The molecule has 7 heteroatoms. The van der Waals surface area contributed by atoms with Crippen LogP contribution in [0.3, 0.4) is 0 Å². The Labute approximate surface area is 167 Å². The van der Waals surface area contributed by atoms with Gasteiger partial charge in [-0.05, 0) is 42.7 Å². The Morgan fingerprint density at radius 1 is 1.15 bits per heavy atom. The molecule has 2 atom stereocenters. The molecule has 27 heavy (non-hydrogen) atoms. The molecule has 0 saturated carbocycles. The van der Waals surface area contributed by atoms with Crippen molar-refractivity contribution in [3.8, 4) is 5.75 Å². The van der Waals surface area contributed by atoms with Crippen molar-refractivity contribution in [2.24, 2.45) is 0 Å². The highest BCUT2D eigenvalue weighted by molar-refractivity contribution is 6.35. The van der Waals surface area contributed by atoms with E-state index in [9.17, 15) is 9.59 Å². The number of benzene rings is 2. The summed E-state index contributed by atoms with van der Waals surface area (Å²) in [4.78, 5) is 27.4. The van der Waals surface area contributed by atoms with E-state index in [2.05, 4.69) is 5.32 Å². The van der Waals surface area contributed by atoms with Gasteiger partial charge in [0.2, 0.25) is 5.91 Å². The number of carbonyl (C=O) groups is 2. The Morgan fingerprint density at radius 3 is 2.78 bits per heavy atom.